The molecule has 1 aliphatic heterocycles. The van der Waals surface area contributed by atoms with E-state index in [0.29, 0.717) is 0 Å². The van der Waals surface area contributed by atoms with E-state index in [9.17, 15) is 19.2 Å². The Morgan fingerprint density at radius 2 is 1.81 bits per heavy atom. The van der Waals surface area contributed by atoms with Crippen molar-refractivity contribution >= 4 is 23.9 Å². The molecule has 1 heterocycles. The summed E-state index contributed by atoms with van der Waals surface area (Å²) in [6, 6.07) is 8.24. The summed E-state index contributed by atoms with van der Waals surface area (Å²) >= 11 is 0. The highest BCUT2D eigenvalue weighted by Gasteiger charge is 2.49. The molecule has 9 nitrogen and oxygen atoms in total. The Kier molecular flexibility index (Phi) is 7.14. The second-order valence-electron chi connectivity index (χ2n) is 8.21. The second kappa shape index (κ2) is 9.80. The first-order chi connectivity index (χ1) is 14.8. The summed E-state index contributed by atoms with van der Waals surface area (Å²) in [6.07, 6.45) is 2.89. The third kappa shape index (κ3) is 5.53. The molecule has 0 bridgehead atoms. The third-order valence-electron chi connectivity index (χ3n) is 5.92. The maximum Gasteiger partial charge on any atom is 0.408 e. The molecular formula is C22H29N3O6. The van der Waals surface area contributed by atoms with Crippen molar-refractivity contribution in [3.05, 3.63) is 35.9 Å². The van der Waals surface area contributed by atoms with Crippen LogP contribution in [-0.2, 0) is 30.5 Å². The lowest BCUT2D eigenvalue weighted by Gasteiger charge is -2.42. The molecular weight excluding hydrogens is 402 g/mol. The van der Waals surface area contributed by atoms with Crippen LogP contribution in [0.4, 0.5) is 4.79 Å². The molecule has 31 heavy (non-hydrogen) atoms. The maximum absolute atomic E-state index is 13.3. The molecule has 3 rings (SSSR count). The van der Waals surface area contributed by atoms with Crippen molar-refractivity contribution in [1.29, 1.82) is 0 Å². The summed E-state index contributed by atoms with van der Waals surface area (Å²) in [5, 5.41) is 7.82. The Hall–Kier alpha value is -3.10. The van der Waals surface area contributed by atoms with E-state index in [4.69, 9.17) is 9.47 Å². The van der Waals surface area contributed by atoms with Crippen LogP contribution in [0.5, 0.6) is 0 Å². The maximum atomic E-state index is 13.3. The van der Waals surface area contributed by atoms with Crippen molar-refractivity contribution in [2.24, 2.45) is 5.92 Å². The van der Waals surface area contributed by atoms with Gasteiger partial charge in [-0.05, 0) is 31.2 Å². The zero-order chi connectivity index (χ0) is 22.4. The molecule has 2 fully saturated rings. The molecule has 3 atom stereocenters. The molecule has 3 amide bonds. The van der Waals surface area contributed by atoms with Gasteiger partial charge in [0.15, 0.2) is 6.04 Å². The lowest BCUT2D eigenvalue weighted by atomic mass is 9.75. The predicted octanol–water partition coefficient (Wildman–Crippen LogP) is 1.76. The minimum Gasteiger partial charge on any atom is -0.445 e. The Labute approximate surface area is 181 Å². The van der Waals surface area contributed by atoms with Crippen LogP contribution in [0.25, 0.3) is 0 Å². The van der Waals surface area contributed by atoms with Gasteiger partial charge in [0, 0.05) is 6.92 Å². The SMILES string of the molecule is CC(=O)O[C@@H]1NC(=O)[C@H]1NC(=O)[C@@](C)(NC(=O)OCc1ccccc1)C1CCCCC1. The summed E-state index contributed by atoms with van der Waals surface area (Å²) in [4.78, 5) is 48.9. The van der Waals surface area contributed by atoms with Crippen LogP contribution >= 0.6 is 0 Å². The number of ether oxygens (including phenoxy) is 2. The molecule has 1 aromatic rings. The predicted molar refractivity (Wildman–Crippen MR) is 110 cm³/mol. The second-order valence-corrected chi connectivity index (χ2v) is 8.21. The monoisotopic (exact) mass is 431 g/mol. The molecule has 0 unspecified atom stereocenters. The zero-order valence-electron chi connectivity index (χ0n) is 17.8. The van der Waals surface area contributed by atoms with Gasteiger partial charge < -0.3 is 25.4 Å². The van der Waals surface area contributed by atoms with Crippen molar-refractivity contribution in [1.82, 2.24) is 16.0 Å². The van der Waals surface area contributed by atoms with Gasteiger partial charge in [0.1, 0.15) is 12.1 Å². The van der Waals surface area contributed by atoms with Crippen molar-refractivity contribution in [3.63, 3.8) is 0 Å². The molecule has 0 aromatic heterocycles. The summed E-state index contributed by atoms with van der Waals surface area (Å²) in [6.45, 7) is 2.95. The lowest BCUT2D eigenvalue weighted by molar-refractivity contribution is -0.165. The largest absolute Gasteiger partial charge is 0.445 e. The van der Waals surface area contributed by atoms with E-state index in [2.05, 4.69) is 16.0 Å². The number of nitrogens with one attached hydrogen (secondary N) is 3. The molecule has 168 valence electrons. The van der Waals surface area contributed by atoms with Crippen LogP contribution in [0.1, 0.15) is 51.5 Å². The number of rotatable bonds is 7. The van der Waals surface area contributed by atoms with Gasteiger partial charge in [-0.15, -0.1) is 0 Å². The van der Waals surface area contributed by atoms with Gasteiger partial charge in [0.05, 0.1) is 0 Å². The van der Waals surface area contributed by atoms with E-state index in [1.807, 2.05) is 30.3 Å². The average molecular weight is 431 g/mol. The average Bonchev–Trinajstić information content (AvgIpc) is 2.76. The lowest BCUT2D eigenvalue weighted by Crippen LogP contribution is -2.73. The van der Waals surface area contributed by atoms with Gasteiger partial charge in [0.2, 0.25) is 12.1 Å². The molecule has 3 N–H and O–H groups in total. The molecule has 0 spiro atoms. The van der Waals surface area contributed by atoms with Gasteiger partial charge >= 0.3 is 12.1 Å². The van der Waals surface area contributed by atoms with E-state index in [-0.39, 0.29) is 12.5 Å². The molecule has 2 aliphatic rings. The Morgan fingerprint density at radius 1 is 1.13 bits per heavy atom. The van der Waals surface area contributed by atoms with Crippen molar-refractivity contribution < 1.29 is 28.7 Å². The van der Waals surface area contributed by atoms with E-state index in [1.54, 1.807) is 6.92 Å². The van der Waals surface area contributed by atoms with E-state index < -0.39 is 41.7 Å². The van der Waals surface area contributed by atoms with Gasteiger partial charge in [-0.25, -0.2) is 4.79 Å². The van der Waals surface area contributed by atoms with Crippen molar-refractivity contribution in [2.75, 3.05) is 0 Å². The van der Waals surface area contributed by atoms with Crippen LogP contribution in [-0.4, -0.2) is 41.7 Å². The van der Waals surface area contributed by atoms with Gasteiger partial charge in [0.25, 0.3) is 5.91 Å². The quantitative estimate of drug-likeness (QED) is 0.447. The summed E-state index contributed by atoms with van der Waals surface area (Å²) in [5.74, 6) is -1.63. The van der Waals surface area contributed by atoms with Crippen molar-refractivity contribution in [2.45, 2.75) is 70.4 Å². The first-order valence-corrected chi connectivity index (χ1v) is 10.6. The zero-order valence-corrected chi connectivity index (χ0v) is 17.8. The molecule has 1 aromatic carbocycles. The number of alkyl carbamates (subject to hydrolysis) is 1. The number of amides is 3. The third-order valence-corrected chi connectivity index (χ3v) is 5.92. The number of hydrogen-bond donors (Lipinski definition) is 3. The van der Waals surface area contributed by atoms with Crippen LogP contribution in [0.15, 0.2) is 30.3 Å². The molecule has 1 aliphatic carbocycles. The summed E-state index contributed by atoms with van der Waals surface area (Å²) in [5.41, 5.74) is -0.443. The first-order valence-electron chi connectivity index (χ1n) is 10.6. The summed E-state index contributed by atoms with van der Waals surface area (Å²) in [7, 11) is 0. The minimum absolute atomic E-state index is 0.0780. The fourth-order valence-corrected chi connectivity index (χ4v) is 4.06. The van der Waals surface area contributed by atoms with E-state index >= 15 is 0 Å². The summed E-state index contributed by atoms with van der Waals surface area (Å²) < 4.78 is 10.3. The van der Waals surface area contributed by atoms with Crippen LogP contribution < -0.4 is 16.0 Å². The Balaban J connectivity index is 1.68. The Bertz CT molecular complexity index is 824. The smallest absolute Gasteiger partial charge is 0.408 e. The fraction of sp³-hybridized carbons (Fsp3) is 0.545. The van der Waals surface area contributed by atoms with E-state index in [1.165, 1.54) is 6.92 Å². The molecule has 9 heteroatoms. The highest BCUT2D eigenvalue weighted by atomic mass is 16.6. The van der Waals surface area contributed by atoms with E-state index in [0.717, 1.165) is 37.7 Å². The van der Waals surface area contributed by atoms with Gasteiger partial charge in [-0.2, -0.15) is 0 Å². The number of carbonyl (C=O) groups is 4. The minimum atomic E-state index is -1.27. The standard InChI is InChI=1S/C22H29N3O6/c1-14(26)31-19-17(18(27)24-19)23-20(28)22(2,16-11-7-4-8-12-16)25-21(29)30-13-15-9-5-3-6-10-15/h3,5-6,9-10,16-17,19H,4,7-8,11-13H2,1-2H3,(H,23,28)(H,24,27)(H,25,29)/t17-,19+,22+/m1/s1. The van der Waals surface area contributed by atoms with Gasteiger partial charge in [-0.3, -0.25) is 14.4 Å². The molecule has 1 saturated heterocycles. The van der Waals surface area contributed by atoms with Crippen LogP contribution in [0, 0.1) is 5.92 Å². The highest BCUT2D eigenvalue weighted by Crippen LogP contribution is 2.33. The number of β-lactam (4-membered cyclic amide) rings is 1. The number of benzene rings is 1. The molecule has 1 saturated carbocycles. The van der Waals surface area contributed by atoms with Gasteiger partial charge in [-0.1, -0.05) is 49.6 Å². The number of hydrogen-bond acceptors (Lipinski definition) is 6. The van der Waals surface area contributed by atoms with Crippen LogP contribution in [0.2, 0.25) is 0 Å². The highest BCUT2D eigenvalue weighted by molar-refractivity contribution is 5.97. The van der Waals surface area contributed by atoms with Crippen molar-refractivity contribution in [3.8, 4) is 0 Å². The normalized spacial score (nSPS) is 22.8. The fourth-order valence-electron chi connectivity index (χ4n) is 4.06. The topological polar surface area (TPSA) is 123 Å². The van der Waals surface area contributed by atoms with Crippen LogP contribution in [0.3, 0.4) is 0 Å². The molecule has 0 radical (unpaired) electrons. The first kappa shape index (κ1) is 22.6. The number of esters is 1. The number of carbonyl (C=O) groups excluding carboxylic acids is 4. The Morgan fingerprint density at radius 3 is 2.42 bits per heavy atom.